The number of ketones is 1. The lowest BCUT2D eigenvalue weighted by Gasteiger charge is -2.06. The van der Waals surface area contributed by atoms with Crippen LogP contribution in [0.1, 0.15) is 33.6 Å². The van der Waals surface area contributed by atoms with Gasteiger partial charge in [0, 0.05) is 6.42 Å². The first-order chi connectivity index (χ1) is 6.91. The lowest BCUT2D eigenvalue weighted by Crippen LogP contribution is -2.16. The minimum absolute atomic E-state index is 0.0797. The van der Waals surface area contributed by atoms with Crippen molar-refractivity contribution in [3.8, 4) is 0 Å². The largest absolute Gasteiger partial charge is 0.516 e. The van der Waals surface area contributed by atoms with Gasteiger partial charge in [0.15, 0.2) is 0 Å². The first-order valence-corrected chi connectivity index (χ1v) is 4.78. The van der Waals surface area contributed by atoms with E-state index in [9.17, 15) is 14.4 Å². The van der Waals surface area contributed by atoms with E-state index in [1.54, 1.807) is 0 Å². The third kappa shape index (κ3) is 8.93. The summed E-state index contributed by atoms with van der Waals surface area (Å²) in [5.74, 6) is -0.675. The van der Waals surface area contributed by atoms with Crippen molar-refractivity contribution in [2.24, 2.45) is 5.92 Å². The monoisotopic (exact) mass is 216 g/mol. The van der Waals surface area contributed by atoms with Crippen LogP contribution in [-0.2, 0) is 19.1 Å². The summed E-state index contributed by atoms with van der Waals surface area (Å²) < 4.78 is 8.91. The van der Waals surface area contributed by atoms with Crippen molar-refractivity contribution in [2.45, 2.75) is 33.6 Å². The van der Waals surface area contributed by atoms with Gasteiger partial charge in [-0.1, -0.05) is 13.8 Å². The van der Waals surface area contributed by atoms with Crippen LogP contribution >= 0.6 is 0 Å². The molecule has 0 saturated heterocycles. The van der Waals surface area contributed by atoms with Crippen LogP contribution in [0.3, 0.4) is 0 Å². The summed E-state index contributed by atoms with van der Waals surface area (Å²) in [6.07, 6.45) is -1.01. The SMILES string of the molecule is CC(=O)CCC(=O)OC(=O)OCC(C)C. The number of Topliss-reactive ketones (excluding diaryl/α,β-unsaturated/α-hetero) is 1. The molecule has 0 aromatic carbocycles. The third-order valence-electron chi connectivity index (χ3n) is 1.41. The maximum atomic E-state index is 10.9. The summed E-state index contributed by atoms with van der Waals surface area (Å²) in [6.45, 7) is 5.30. The molecule has 0 aliphatic heterocycles. The predicted molar refractivity (Wildman–Crippen MR) is 52.2 cm³/mol. The minimum atomic E-state index is -1.00. The van der Waals surface area contributed by atoms with Gasteiger partial charge in [0.1, 0.15) is 5.78 Å². The number of ether oxygens (including phenoxy) is 2. The van der Waals surface area contributed by atoms with E-state index in [1.165, 1.54) is 6.92 Å². The molecule has 0 heterocycles. The molecule has 0 N–H and O–H groups in total. The van der Waals surface area contributed by atoms with Gasteiger partial charge >= 0.3 is 12.1 Å². The molecule has 0 rings (SSSR count). The maximum Gasteiger partial charge on any atom is 0.516 e. The average Bonchev–Trinajstić information content (AvgIpc) is 2.11. The summed E-state index contributed by atoms with van der Waals surface area (Å²) in [5, 5.41) is 0. The van der Waals surface area contributed by atoms with Gasteiger partial charge in [-0.05, 0) is 12.8 Å². The fraction of sp³-hybridized carbons (Fsp3) is 0.700. The molecule has 0 aliphatic carbocycles. The molecule has 0 aromatic heterocycles. The summed E-state index contributed by atoms with van der Waals surface area (Å²) in [7, 11) is 0. The Morgan fingerprint density at radius 3 is 2.20 bits per heavy atom. The van der Waals surface area contributed by atoms with Gasteiger partial charge in [0.2, 0.25) is 0 Å². The van der Waals surface area contributed by atoms with E-state index in [4.69, 9.17) is 0 Å². The number of hydrogen-bond donors (Lipinski definition) is 0. The van der Waals surface area contributed by atoms with Crippen molar-refractivity contribution in [1.29, 1.82) is 0 Å². The summed E-state index contributed by atoms with van der Waals surface area (Å²) in [6, 6.07) is 0. The normalized spacial score (nSPS) is 9.87. The van der Waals surface area contributed by atoms with Crippen LogP contribution < -0.4 is 0 Å². The lowest BCUT2D eigenvalue weighted by atomic mass is 10.2. The van der Waals surface area contributed by atoms with Gasteiger partial charge in [0.05, 0.1) is 13.0 Å². The van der Waals surface area contributed by atoms with Crippen LogP contribution in [0.25, 0.3) is 0 Å². The maximum absolute atomic E-state index is 10.9. The predicted octanol–water partition coefficient (Wildman–Crippen LogP) is 1.69. The molecule has 5 nitrogen and oxygen atoms in total. The Morgan fingerprint density at radius 2 is 1.73 bits per heavy atom. The van der Waals surface area contributed by atoms with Crippen LogP contribution in [0, 0.1) is 5.92 Å². The topological polar surface area (TPSA) is 69.7 Å². The van der Waals surface area contributed by atoms with E-state index in [0.29, 0.717) is 0 Å². The highest BCUT2D eigenvalue weighted by Crippen LogP contribution is 1.98. The molecule has 0 bridgehead atoms. The minimum Gasteiger partial charge on any atom is -0.434 e. The van der Waals surface area contributed by atoms with Gasteiger partial charge in [-0.2, -0.15) is 0 Å². The second kappa shape index (κ2) is 6.98. The highest BCUT2D eigenvalue weighted by molar-refractivity contribution is 5.85. The zero-order chi connectivity index (χ0) is 11.8. The second-order valence-electron chi connectivity index (χ2n) is 3.63. The molecule has 0 unspecified atom stereocenters. The molecular weight excluding hydrogens is 200 g/mol. The second-order valence-corrected chi connectivity index (χ2v) is 3.63. The van der Waals surface area contributed by atoms with Crippen molar-refractivity contribution in [1.82, 2.24) is 0 Å². The van der Waals surface area contributed by atoms with E-state index < -0.39 is 12.1 Å². The Morgan fingerprint density at radius 1 is 1.13 bits per heavy atom. The van der Waals surface area contributed by atoms with Crippen molar-refractivity contribution in [3.05, 3.63) is 0 Å². The molecule has 0 spiro atoms. The highest BCUT2D eigenvalue weighted by Gasteiger charge is 2.12. The number of esters is 1. The van der Waals surface area contributed by atoms with Crippen molar-refractivity contribution in [2.75, 3.05) is 6.61 Å². The van der Waals surface area contributed by atoms with Gasteiger partial charge < -0.3 is 14.3 Å². The van der Waals surface area contributed by atoms with Gasteiger partial charge in [-0.25, -0.2) is 4.79 Å². The van der Waals surface area contributed by atoms with Crippen molar-refractivity contribution in [3.63, 3.8) is 0 Å². The fourth-order valence-corrected chi connectivity index (χ4v) is 0.686. The summed E-state index contributed by atoms with van der Waals surface area (Å²) in [5.41, 5.74) is 0. The molecular formula is C10H16O5. The molecule has 5 heteroatoms. The zero-order valence-electron chi connectivity index (χ0n) is 9.24. The molecule has 0 amide bonds. The van der Waals surface area contributed by atoms with Crippen LogP contribution in [0.4, 0.5) is 4.79 Å². The van der Waals surface area contributed by atoms with E-state index in [1.807, 2.05) is 13.8 Å². The van der Waals surface area contributed by atoms with Gasteiger partial charge in [0.25, 0.3) is 0 Å². The standard InChI is InChI=1S/C10H16O5/c1-7(2)6-14-10(13)15-9(12)5-4-8(3)11/h7H,4-6H2,1-3H3. The van der Waals surface area contributed by atoms with Crippen LogP contribution in [0.5, 0.6) is 0 Å². The molecule has 15 heavy (non-hydrogen) atoms. The van der Waals surface area contributed by atoms with Crippen LogP contribution in [0.2, 0.25) is 0 Å². The van der Waals surface area contributed by atoms with Gasteiger partial charge in [-0.15, -0.1) is 0 Å². The Balaban J connectivity index is 3.67. The van der Waals surface area contributed by atoms with Crippen LogP contribution in [0.15, 0.2) is 0 Å². The highest BCUT2D eigenvalue weighted by atomic mass is 16.7. The number of carbonyl (C=O) groups is 3. The third-order valence-corrected chi connectivity index (χ3v) is 1.41. The number of rotatable bonds is 5. The Labute approximate surface area is 88.7 Å². The first-order valence-electron chi connectivity index (χ1n) is 4.78. The Hall–Kier alpha value is -1.39. The molecule has 0 fully saturated rings. The Kier molecular flexibility index (Phi) is 6.33. The zero-order valence-corrected chi connectivity index (χ0v) is 9.24. The molecule has 0 aliphatic rings. The molecule has 0 radical (unpaired) electrons. The van der Waals surface area contributed by atoms with E-state index in [-0.39, 0.29) is 31.1 Å². The molecule has 0 aromatic rings. The summed E-state index contributed by atoms with van der Waals surface area (Å²) in [4.78, 5) is 32.3. The van der Waals surface area contributed by atoms with E-state index in [0.717, 1.165) is 0 Å². The van der Waals surface area contributed by atoms with Gasteiger partial charge in [-0.3, -0.25) is 4.79 Å². The molecule has 0 atom stereocenters. The van der Waals surface area contributed by atoms with E-state index >= 15 is 0 Å². The quantitative estimate of drug-likeness (QED) is 0.516. The van der Waals surface area contributed by atoms with Crippen LogP contribution in [-0.4, -0.2) is 24.5 Å². The fourth-order valence-electron chi connectivity index (χ4n) is 0.686. The van der Waals surface area contributed by atoms with Crippen molar-refractivity contribution < 1.29 is 23.9 Å². The Bertz CT molecular complexity index is 244. The molecule has 0 saturated carbocycles. The van der Waals surface area contributed by atoms with Crippen molar-refractivity contribution >= 4 is 17.9 Å². The average molecular weight is 216 g/mol. The number of carbonyl (C=O) groups excluding carboxylic acids is 3. The smallest absolute Gasteiger partial charge is 0.434 e. The first kappa shape index (κ1) is 13.6. The van der Waals surface area contributed by atoms with E-state index in [2.05, 4.69) is 9.47 Å². The molecule has 86 valence electrons. The summed E-state index contributed by atoms with van der Waals surface area (Å²) >= 11 is 0. The number of hydrogen-bond acceptors (Lipinski definition) is 5. The lowest BCUT2D eigenvalue weighted by molar-refractivity contribution is -0.141.